The molecule has 3 heterocycles. The summed E-state index contributed by atoms with van der Waals surface area (Å²) >= 11 is 1.68. The zero-order chi connectivity index (χ0) is 14.9. The molecule has 3 aromatic rings. The zero-order valence-corrected chi connectivity index (χ0v) is 13.5. The van der Waals surface area contributed by atoms with E-state index in [1.807, 2.05) is 28.9 Å². The minimum Gasteiger partial charge on any atom is -0.345 e. The van der Waals surface area contributed by atoms with Crippen molar-refractivity contribution >= 4 is 21.4 Å². The van der Waals surface area contributed by atoms with Crippen molar-refractivity contribution in [1.29, 1.82) is 0 Å². The molecule has 1 aliphatic rings. The van der Waals surface area contributed by atoms with E-state index < -0.39 is 0 Å². The standard InChI is InChI=1S/C16H19N5S/c1-19-8-5-9-20(11-10-19)16-18-21-12-14(17-15(21)22-16)13-6-3-2-4-7-13/h2-4,6-7,12H,5,8-11H2,1H3. The van der Waals surface area contributed by atoms with Gasteiger partial charge in [0.15, 0.2) is 0 Å². The largest absolute Gasteiger partial charge is 0.345 e. The van der Waals surface area contributed by atoms with Crippen molar-refractivity contribution in [2.24, 2.45) is 0 Å². The third kappa shape index (κ3) is 2.60. The summed E-state index contributed by atoms with van der Waals surface area (Å²) in [4.78, 5) is 10.4. The van der Waals surface area contributed by atoms with Gasteiger partial charge in [0, 0.05) is 25.2 Å². The van der Waals surface area contributed by atoms with Gasteiger partial charge in [-0.25, -0.2) is 9.50 Å². The molecule has 22 heavy (non-hydrogen) atoms. The van der Waals surface area contributed by atoms with Crippen LogP contribution in [-0.2, 0) is 0 Å². The number of rotatable bonds is 2. The summed E-state index contributed by atoms with van der Waals surface area (Å²) < 4.78 is 1.91. The van der Waals surface area contributed by atoms with E-state index >= 15 is 0 Å². The number of hydrogen-bond acceptors (Lipinski definition) is 5. The van der Waals surface area contributed by atoms with Crippen molar-refractivity contribution in [1.82, 2.24) is 19.5 Å². The molecule has 1 aromatic carbocycles. The Labute approximate surface area is 133 Å². The van der Waals surface area contributed by atoms with Crippen molar-refractivity contribution in [2.75, 3.05) is 38.1 Å². The Morgan fingerprint density at radius 1 is 1.05 bits per heavy atom. The van der Waals surface area contributed by atoms with Crippen LogP contribution in [0.3, 0.4) is 0 Å². The summed E-state index contributed by atoms with van der Waals surface area (Å²) in [7, 11) is 2.18. The molecule has 6 heteroatoms. The third-order valence-corrected chi connectivity index (χ3v) is 5.08. The lowest BCUT2D eigenvalue weighted by molar-refractivity contribution is 0.360. The fraction of sp³-hybridized carbons (Fsp3) is 0.375. The number of hydrogen-bond donors (Lipinski definition) is 0. The summed E-state index contributed by atoms with van der Waals surface area (Å²) in [5.41, 5.74) is 2.12. The lowest BCUT2D eigenvalue weighted by atomic mass is 10.2. The number of benzene rings is 1. The van der Waals surface area contributed by atoms with Crippen LogP contribution in [0.1, 0.15) is 6.42 Å². The Bertz CT molecular complexity index is 732. The predicted octanol–water partition coefficient (Wildman–Crippen LogP) is 2.60. The van der Waals surface area contributed by atoms with E-state index in [1.54, 1.807) is 11.3 Å². The van der Waals surface area contributed by atoms with Crippen LogP contribution in [-0.4, -0.2) is 52.7 Å². The van der Waals surface area contributed by atoms with Gasteiger partial charge < -0.3 is 9.80 Å². The molecule has 0 amide bonds. The van der Waals surface area contributed by atoms with Crippen molar-refractivity contribution in [3.63, 3.8) is 0 Å². The maximum atomic E-state index is 4.73. The molecule has 1 aliphatic heterocycles. The number of nitrogens with zero attached hydrogens (tertiary/aromatic N) is 5. The molecule has 0 aliphatic carbocycles. The lowest BCUT2D eigenvalue weighted by Crippen LogP contribution is -2.28. The highest BCUT2D eigenvalue weighted by atomic mass is 32.1. The first-order valence-corrected chi connectivity index (χ1v) is 8.46. The van der Waals surface area contributed by atoms with Crippen LogP contribution in [0, 0.1) is 0 Å². The highest BCUT2D eigenvalue weighted by molar-refractivity contribution is 7.20. The van der Waals surface area contributed by atoms with Gasteiger partial charge in [-0.15, -0.1) is 5.10 Å². The van der Waals surface area contributed by atoms with E-state index in [0.29, 0.717) is 0 Å². The van der Waals surface area contributed by atoms with Gasteiger partial charge in [-0.05, 0) is 20.0 Å². The molecule has 0 N–H and O–H groups in total. The average molecular weight is 313 g/mol. The van der Waals surface area contributed by atoms with Gasteiger partial charge in [-0.3, -0.25) is 0 Å². The molecule has 5 nitrogen and oxygen atoms in total. The molecule has 0 bridgehead atoms. The maximum absolute atomic E-state index is 4.73. The van der Waals surface area contributed by atoms with E-state index in [1.165, 1.54) is 6.42 Å². The van der Waals surface area contributed by atoms with Crippen molar-refractivity contribution < 1.29 is 0 Å². The summed E-state index contributed by atoms with van der Waals surface area (Å²) in [5.74, 6) is 0. The van der Waals surface area contributed by atoms with Gasteiger partial charge in [-0.2, -0.15) is 0 Å². The van der Waals surface area contributed by atoms with E-state index in [4.69, 9.17) is 10.1 Å². The fourth-order valence-electron chi connectivity index (χ4n) is 2.80. The van der Waals surface area contributed by atoms with Gasteiger partial charge in [0.25, 0.3) is 0 Å². The SMILES string of the molecule is CN1CCCN(c2nn3cc(-c4ccccc4)nc3s2)CC1. The monoisotopic (exact) mass is 313 g/mol. The summed E-state index contributed by atoms with van der Waals surface area (Å²) in [6, 6.07) is 10.3. The molecule has 1 fully saturated rings. The number of aromatic nitrogens is 3. The fourth-order valence-corrected chi connectivity index (χ4v) is 3.74. The molecule has 0 unspecified atom stereocenters. The first kappa shape index (κ1) is 13.7. The molecule has 114 valence electrons. The second-order valence-corrected chi connectivity index (χ2v) is 6.68. The quantitative estimate of drug-likeness (QED) is 0.729. The third-order valence-electron chi connectivity index (χ3n) is 4.09. The second kappa shape index (κ2) is 5.70. The van der Waals surface area contributed by atoms with Crippen LogP contribution in [0.5, 0.6) is 0 Å². The van der Waals surface area contributed by atoms with Crippen molar-refractivity contribution in [3.05, 3.63) is 36.5 Å². The van der Waals surface area contributed by atoms with Gasteiger partial charge in [0.2, 0.25) is 10.1 Å². The Morgan fingerprint density at radius 3 is 2.73 bits per heavy atom. The first-order chi connectivity index (χ1) is 10.8. The minimum atomic E-state index is 0.964. The molecule has 0 spiro atoms. The molecule has 4 rings (SSSR count). The molecule has 0 saturated carbocycles. The van der Waals surface area contributed by atoms with E-state index in [9.17, 15) is 0 Å². The van der Waals surface area contributed by atoms with Crippen LogP contribution in [0.2, 0.25) is 0 Å². The molecule has 0 atom stereocenters. The molecule has 1 saturated heterocycles. The van der Waals surface area contributed by atoms with Gasteiger partial charge in [0.05, 0.1) is 11.9 Å². The minimum absolute atomic E-state index is 0.964. The van der Waals surface area contributed by atoms with Crippen molar-refractivity contribution in [2.45, 2.75) is 6.42 Å². The van der Waals surface area contributed by atoms with E-state index in [2.05, 4.69) is 29.0 Å². The predicted molar refractivity (Wildman–Crippen MR) is 90.6 cm³/mol. The average Bonchev–Trinajstić information content (AvgIpc) is 3.03. The highest BCUT2D eigenvalue weighted by Crippen LogP contribution is 2.27. The number of anilines is 1. The van der Waals surface area contributed by atoms with Gasteiger partial charge in [-0.1, -0.05) is 41.7 Å². The Morgan fingerprint density at radius 2 is 1.91 bits per heavy atom. The summed E-state index contributed by atoms with van der Waals surface area (Å²) in [5, 5.41) is 5.81. The molecular formula is C16H19N5S. The molecule has 2 aromatic heterocycles. The van der Waals surface area contributed by atoms with Crippen LogP contribution >= 0.6 is 11.3 Å². The van der Waals surface area contributed by atoms with Crippen LogP contribution in [0.4, 0.5) is 5.13 Å². The Kier molecular flexibility index (Phi) is 3.56. The number of imidazole rings is 1. The topological polar surface area (TPSA) is 36.7 Å². The lowest BCUT2D eigenvalue weighted by Gasteiger charge is -2.18. The Hall–Kier alpha value is -1.92. The normalized spacial score (nSPS) is 17.0. The molecule has 0 radical (unpaired) electrons. The maximum Gasteiger partial charge on any atom is 0.214 e. The van der Waals surface area contributed by atoms with Gasteiger partial charge in [0.1, 0.15) is 0 Å². The van der Waals surface area contributed by atoms with Crippen LogP contribution < -0.4 is 4.90 Å². The van der Waals surface area contributed by atoms with Crippen molar-refractivity contribution in [3.8, 4) is 11.3 Å². The first-order valence-electron chi connectivity index (χ1n) is 7.65. The highest BCUT2D eigenvalue weighted by Gasteiger charge is 2.17. The molecular weight excluding hydrogens is 294 g/mol. The zero-order valence-electron chi connectivity index (χ0n) is 12.6. The second-order valence-electron chi connectivity index (χ2n) is 5.75. The van der Waals surface area contributed by atoms with E-state index in [0.717, 1.165) is 47.5 Å². The smallest absolute Gasteiger partial charge is 0.214 e. The number of fused-ring (bicyclic) bond motifs is 1. The summed E-state index contributed by atoms with van der Waals surface area (Å²) in [6.07, 6.45) is 3.21. The number of likely N-dealkylation sites (N-methyl/N-ethyl adjacent to an activating group) is 1. The van der Waals surface area contributed by atoms with E-state index in [-0.39, 0.29) is 0 Å². The van der Waals surface area contributed by atoms with Crippen LogP contribution in [0.15, 0.2) is 36.5 Å². The Balaban J connectivity index is 1.61. The van der Waals surface area contributed by atoms with Gasteiger partial charge >= 0.3 is 0 Å². The van der Waals surface area contributed by atoms with Crippen LogP contribution in [0.25, 0.3) is 16.2 Å². The summed E-state index contributed by atoms with van der Waals surface area (Å²) in [6.45, 7) is 4.37.